The van der Waals surface area contributed by atoms with Crippen LogP contribution in [-0.4, -0.2) is 55.5 Å². The molecule has 0 aliphatic rings. The first-order valence-electron chi connectivity index (χ1n) is 11.8. The molecular weight excluding hydrogens is 460 g/mol. The molecule has 3 rings (SSSR count). The predicted octanol–water partition coefficient (Wildman–Crippen LogP) is 5.20. The van der Waals surface area contributed by atoms with Crippen LogP contribution in [0.25, 0.3) is 0 Å². The second-order valence-electron chi connectivity index (χ2n) is 8.37. The summed E-state index contributed by atoms with van der Waals surface area (Å²) in [5, 5.41) is 2.05. The summed E-state index contributed by atoms with van der Waals surface area (Å²) in [4.78, 5) is 31.3. The second kappa shape index (κ2) is 13.0. The lowest BCUT2D eigenvalue weighted by atomic mass is 10.1. The van der Waals surface area contributed by atoms with E-state index in [1.807, 2.05) is 53.6 Å². The summed E-state index contributed by atoms with van der Waals surface area (Å²) in [7, 11) is 3.23. The third kappa shape index (κ3) is 7.09. The van der Waals surface area contributed by atoms with Gasteiger partial charge in [0.25, 0.3) is 5.91 Å². The number of aryl methyl sites for hydroxylation is 1. The van der Waals surface area contributed by atoms with Gasteiger partial charge in [0.1, 0.15) is 6.54 Å². The van der Waals surface area contributed by atoms with Crippen molar-refractivity contribution in [2.24, 2.45) is 0 Å². The number of carbonyl (C=O) groups is 2. The van der Waals surface area contributed by atoms with Crippen molar-refractivity contribution in [3.63, 3.8) is 0 Å². The monoisotopic (exact) mass is 494 g/mol. The number of rotatable bonds is 12. The average molecular weight is 495 g/mol. The minimum absolute atomic E-state index is 0.0535. The molecule has 0 saturated carbocycles. The first kappa shape index (κ1) is 26.3. The van der Waals surface area contributed by atoms with Crippen molar-refractivity contribution in [3.05, 3.63) is 81.5 Å². The molecule has 0 unspecified atom stereocenters. The number of hydrogen-bond acceptors (Lipinski definition) is 5. The number of carbonyl (C=O) groups excluding carboxylic acids is 2. The lowest BCUT2D eigenvalue weighted by Crippen LogP contribution is -2.43. The van der Waals surface area contributed by atoms with Crippen LogP contribution >= 0.6 is 11.3 Å². The van der Waals surface area contributed by atoms with E-state index in [9.17, 15) is 9.59 Å². The summed E-state index contributed by atoms with van der Waals surface area (Å²) in [6.45, 7) is 5.71. The minimum Gasteiger partial charge on any atom is -0.493 e. The maximum Gasteiger partial charge on any atom is 0.254 e. The fourth-order valence-corrected chi connectivity index (χ4v) is 4.80. The molecule has 7 heteroatoms. The zero-order valence-corrected chi connectivity index (χ0v) is 21.8. The molecule has 0 atom stereocenters. The quantitative estimate of drug-likeness (QED) is 0.347. The average Bonchev–Trinajstić information content (AvgIpc) is 3.30. The van der Waals surface area contributed by atoms with E-state index in [2.05, 4.69) is 13.0 Å². The molecular formula is C28H34N2O4S. The molecule has 0 bridgehead atoms. The summed E-state index contributed by atoms with van der Waals surface area (Å²) >= 11 is 1.65. The van der Waals surface area contributed by atoms with Crippen LogP contribution in [-0.2, 0) is 17.8 Å². The number of amides is 2. The molecule has 0 aliphatic heterocycles. The number of thiophene rings is 1. The highest BCUT2D eigenvalue weighted by molar-refractivity contribution is 7.10. The van der Waals surface area contributed by atoms with Crippen molar-refractivity contribution in [2.45, 2.75) is 33.2 Å². The number of methoxy groups -OCH3 is 2. The second-order valence-corrected chi connectivity index (χ2v) is 9.37. The molecule has 1 aromatic heterocycles. The Morgan fingerprint density at radius 2 is 1.66 bits per heavy atom. The van der Waals surface area contributed by atoms with Gasteiger partial charge in [-0.2, -0.15) is 0 Å². The molecule has 0 N–H and O–H groups in total. The number of ether oxygens (including phenoxy) is 2. The molecule has 6 nitrogen and oxygen atoms in total. The molecule has 2 aromatic carbocycles. The van der Waals surface area contributed by atoms with Crippen LogP contribution < -0.4 is 9.47 Å². The van der Waals surface area contributed by atoms with Gasteiger partial charge in [-0.1, -0.05) is 31.2 Å². The van der Waals surface area contributed by atoms with Crippen LogP contribution in [0.15, 0.2) is 60.0 Å². The summed E-state index contributed by atoms with van der Waals surface area (Å²) < 4.78 is 10.8. The van der Waals surface area contributed by atoms with Crippen molar-refractivity contribution in [2.75, 3.05) is 33.9 Å². The topological polar surface area (TPSA) is 59.1 Å². The molecule has 3 aromatic rings. The maximum atomic E-state index is 13.5. The Bertz CT molecular complexity index is 1110. The Morgan fingerprint density at radius 3 is 2.29 bits per heavy atom. The van der Waals surface area contributed by atoms with E-state index >= 15 is 0 Å². The minimum atomic E-state index is -0.118. The zero-order valence-electron chi connectivity index (χ0n) is 21.0. The van der Waals surface area contributed by atoms with E-state index in [0.717, 1.165) is 16.9 Å². The van der Waals surface area contributed by atoms with Gasteiger partial charge >= 0.3 is 0 Å². The van der Waals surface area contributed by atoms with E-state index in [1.54, 1.807) is 42.6 Å². The fraction of sp³-hybridized carbons (Fsp3) is 0.357. The highest BCUT2D eigenvalue weighted by Crippen LogP contribution is 2.28. The van der Waals surface area contributed by atoms with E-state index in [0.29, 0.717) is 43.1 Å². The molecule has 0 radical (unpaired) electrons. The maximum absolute atomic E-state index is 13.5. The summed E-state index contributed by atoms with van der Waals surface area (Å²) in [6, 6.07) is 17.0. The van der Waals surface area contributed by atoms with Crippen molar-refractivity contribution < 1.29 is 19.1 Å². The van der Waals surface area contributed by atoms with E-state index in [-0.39, 0.29) is 18.4 Å². The van der Waals surface area contributed by atoms with Crippen molar-refractivity contribution in [1.29, 1.82) is 0 Å². The van der Waals surface area contributed by atoms with Gasteiger partial charge in [-0.25, -0.2) is 0 Å². The van der Waals surface area contributed by atoms with Gasteiger partial charge in [-0.15, -0.1) is 11.3 Å². The van der Waals surface area contributed by atoms with Crippen molar-refractivity contribution in [3.8, 4) is 11.5 Å². The molecule has 0 saturated heterocycles. The van der Waals surface area contributed by atoms with E-state index < -0.39 is 0 Å². The van der Waals surface area contributed by atoms with Gasteiger partial charge in [-0.05, 0) is 66.6 Å². The van der Waals surface area contributed by atoms with Gasteiger partial charge in [0.15, 0.2) is 11.5 Å². The molecule has 2 amide bonds. The molecule has 1 heterocycles. The van der Waals surface area contributed by atoms with Crippen molar-refractivity contribution in [1.82, 2.24) is 9.80 Å². The van der Waals surface area contributed by atoms with Crippen LogP contribution in [0.5, 0.6) is 11.5 Å². The van der Waals surface area contributed by atoms with E-state index in [4.69, 9.17) is 9.47 Å². The smallest absolute Gasteiger partial charge is 0.254 e. The van der Waals surface area contributed by atoms with Gasteiger partial charge in [0, 0.05) is 23.5 Å². The van der Waals surface area contributed by atoms with Crippen molar-refractivity contribution >= 4 is 23.2 Å². The largest absolute Gasteiger partial charge is 0.493 e. The Balaban J connectivity index is 1.78. The lowest BCUT2D eigenvalue weighted by molar-refractivity contribution is -0.132. The fourth-order valence-electron chi connectivity index (χ4n) is 3.88. The van der Waals surface area contributed by atoms with Crippen LogP contribution in [0.4, 0.5) is 0 Å². The van der Waals surface area contributed by atoms with Crippen LogP contribution in [0.2, 0.25) is 0 Å². The lowest BCUT2D eigenvalue weighted by Gasteiger charge is -2.28. The van der Waals surface area contributed by atoms with Gasteiger partial charge in [0.2, 0.25) is 5.91 Å². The molecule has 35 heavy (non-hydrogen) atoms. The number of benzene rings is 2. The molecule has 0 spiro atoms. The predicted molar refractivity (Wildman–Crippen MR) is 140 cm³/mol. The van der Waals surface area contributed by atoms with Gasteiger partial charge in [-0.3, -0.25) is 9.59 Å². The molecule has 0 fully saturated rings. The molecule has 186 valence electrons. The third-order valence-electron chi connectivity index (χ3n) is 5.90. The van der Waals surface area contributed by atoms with Gasteiger partial charge < -0.3 is 19.3 Å². The van der Waals surface area contributed by atoms with Crippen LogP contribution in [0.3, 0.4) is 0 Å². The highest BCUT2D eigenvalue weighted by Gasteiger charge is 2.23. The summed E-state index contributed by atoms with van der Waals surface area (Å²) in [5.74, 6) is 1.16. The zero-order chi connectivity index (χ0) is 25.2. The standard InChI is InChI=1S/C28H34N2O4S/c1-5-15-30(28(32)23-9-7-6-8-10-23)20-27(31)29(19-26-21(2)14-17-35-26)16-13-22-11-12-24(33-3)25(18-22)34-4/h6-12,14,17-18H,5,13,15-16,19-20H2,1-4H3. The first-order valence-corrected chi connectivity index (χ1v) is 12.7. The van der Waals surface area contributed by atoms with Gasteiger partial charge in [0.05, 0.1) is 20.8 Å². The first-order chi connectivity index (χ1) is 17.0. The summed E-state index contributed by atoms with van der Waals surface area (Å²) in [6.07, 6.45) is 1.44. The summed E-state index contributed by atoms with van der Waals surface area (Å²) in [5.41, 5.74) is 2.82. The Morgan fingerprint density at radius 1 is 0.914 bits per heavy atom. The van der Waals surface area contributed by atoms with Crippen LogP contribution in [0.1, 0.15) is 39.7 Å². The molecule has 0 aliphatic carbocycles. The Hall–Kier alpha value is -3.32. The highest BCUT2D eigenvalue weighted by atomic mass is 32.1. The SMILES string of the molecule is CCCN(CC(=O)N(CCc1ccc(OC)c(OC)c1)Cc1sccc1C)C(=O)c1ccccc1. The third-order valence-corrected chi connectivity index (χ3v) is 6.91. The Kier molecular flexibility index (Phi) is 9.73. The number of hydrogen-bond donors (Lipinski definition) is 0. The van der Waals surface area contributed by atoms with E-state index in [1.165, 1.54) is 5.56 Å². The number of nitrogens with zero attached hydrogens (tertiary/aromatic N) is 2. The normalized spacial score (nSPS) is 10.6. The van der Waals surface area contributed by atoms with Crippen LogP contribution in [0, 0.1) is 6.92 Å². The Labute approximate surface area is 212 Å².